The van der Waals surface area contributed by atoms with E-state index in [1.54, 1.807) is 32.9 Å². The van der Waals surface area contributed by atoms with Crippen LogP contribution in [0.4, 0.5) is 5.82 Å². The van der Waals surface area contributed by atoms with Crippen LogP contribution in [-0.4, -0.2) is 28.1 Å². The Hall–Kier alpha value is -2.57. The molecule has 1 unspecified atom stereocenters. The molecule has 0 fully saturated rings. The highest BCUT2D eigenvalue weighted by Crippen LogP contribution is 2.28. The molecule has 0 bridgehead atoms. The van der Waals surface area contributed by atoms with E-state index in [-0.39, 0.29) is 17.5 Å². The third kappa shape index (κ3) is 2.81. The first-order chi connectivity index (χ1) is 9.95. The summed E-state index contributed by atoms with van der Waals surface area (Å²) in [5.74, 6) is 0.0410. The Labute approximate surface area is 121 Å². The molecule has 0 amide bonds. The fourth-order valence-corrected chi connectivity index (χ4v) is 1.90. The zero-order valence-corrected chi connectivity index (χ0v) is 12.1. The second-order valence-corrected chi connectivity index (χ2v) is 4.85. The molecule has 21 heavy (non-hydrogen) atoms. The van der Waals surface area contributed by atoms with Crippen LogP contribution >= 0.6 is 0 Å². The Bertz CT molecular complexity index is 643. The highest BCUT2D eigenvalue weighted by Gasteiger charge is 2.26. The van der Waals surface area contributed by atoms with Gasteiger partial charge in [0.05, 0.1) is 17.9 Å². The maximum Gasteiger partial charge on any atom is 0.330 e. The first kappa shape index (κ1) is 14.8. The van der Waals surface area contributed by atoms with Gasteiger partial charge in [-0.25, -0.2) is 9.48 Å². The number of nitrogens with zero attached hydrogens (tertiary/aromatic N) is 2. The van der Waals surface area contributed by atoms with Gasteiger partial charge in [-0.1, -0.05) is 0 Å². The smallest absolute Gasteiger partial charge is 0.330 e. The third-order valence-corrected chi connectivity index (χ3v) is 2.92. The highest BCUT2D eigenvalue weighted by molar-refractivity contribution is 5.91. The van der Waals surface area contributed by atoms with Crippen LogP contribution < -0.4 is 5.73 Å². The number of anilines is 1. The molecule has 0 radical (unpaired) electrons. The standard InChI is InChI=1S/C14H17N3O4/c1-8(2)21-14(19)9(3)17-13(15)10(7-18)12(16-17)11-5-4-6-20-11/h4-9H,15H2,1-3H3. The number of nitrogen functional groups attached to an aromatic ring is 1. The second-order valence-electron chi connectivity index (χ2n) is 4.85. The predicted molar refractivity (Wildman–Crippen MR) is 75.7 cm³/mol. The molecule has 0 aliphatic rings. The van der Waals surface area contributed by atoms with Crippen LogP contribution in [0.1, 0.15) is 37.2 Å². The number of aromatic nitrogens is 2. The zero-order chi connectivity index (χ0) is 15.6. The Morgan fingerprint density at radius 2 is 2.19 bits per heavy atom. The Kier molecular flexibility index (Phi) is 4.11. The molecule has 7 nitrogen and oxygen atoms in total. The monoisotopic (exact) mass is 291 g/mol. The van der Waals surface area contributed by atoms with E-state index >= 15 is 0 Å². The van der Waals surface area contributed by atoms with Gasteiger partial charge in [-0.15, -0.1) is 0 Å². The minimum atomic E-state index is -0.741. The van der Waals surface area contributed by atoms with Crippen LogP contribution in [0.15, 0.2) is 22.8 Å². The van der Waals surface area contributed by atoms with E-state index in [0.29, 0.717) is 17.7 Å². The number of carbonyl (C=O) groups is 2. The second kappa shape index (κ2) is 5.82. The lowest BCUT2D eigenvalue weighted by Gasteiger charge is -2.15. The molecule has 7 heteroatoms. The van der Waals surface area contributed by atoms with Gasteiger partial charge in [-0.2, -0.15) is 5.10 Å². The van der Waals surface area contributed by atoms with Gasteiger partial charge in [0.15, 0.2) is 12.0 Å². The molecule has 0 saturated carbocycles. The van der Waals surface area contributed by atoms with Crippen molar-refractivity contribution in [3.05, 3.63) is 24.0 Å². The van der Waals surface area contributed by atoms with Gasteiger partial charge in [-0.3, -0.25) is 4.79 Å². The predicted octanol–water partition coefficient (Wildman–Crippen LogP) is 2.05. The normalized spacial score (nSPS) is 12.4. The van der Waals surface area contributed by atoms with Gasteiger partial charge in [0.2, 0.25) is 0 Å². The molecule has 0 aliphatic carbocycles. The minimum Gasteiger partial charge on any atom is -0.463 e. The number of esters is 1. The van der Waals surface area contributed by atoms with Gasteiger partial charge in [0, 0.05) is 0 Å². The molecular weight excluding hydrogens is 274 g/mol. The maximum atomic E-state index is 12.0. The first-order valence-corrected chi connectivity index (χ1v) is 6.53. The van der Waals surface area contributed by atoms with Crippen molar-refractivity contribution >= 4 is 18.1 Å². The molecule has 2 aromatic rings. The molecule has 0 aliphatic heterocycles. The summed E-state index contributed by atoms with van der Waals surface area (Å²) in [4.78, 5) is 23.2. The van der Waals surface area contributed by atoms with Crippen LogP contribution in [0.25, 0.3) is 11.5 Å². The highest BCUT2D eigenvalue weighted by atomic mass is 16.5. The van der Waals surface area contributed by atoms with Crippen molar-refractivity contribution in [2.45, 2.75) is 32.9 Å². The number of hydrogen-bond acceptors (Lipinski definition) is 6. The zero-order valence-electron chi connectivity index (χ0n) is 12.1. The lowest BCUT2D eigenvalue weighted by atomic mass is 10.2. The molecule has 112 valence electrons. The van der Waals surface area contributed by atoms with Crippen molar-refractivity contribution in [2.75, 3.05) is 5.73 Å². The van der Waals surface area contributed by atoms with Crippen LogP contribution in [0.3, 0.4) is 0 Å². The van der Waals surface area contributed by atoms with Gasteiger partial charge < -0.3 is 14.9 Å². The van der Waals surface area contributed by atoms with Crippen molar-refractivity contribution in [1.29, 1.82) is 0 Å². The quantitative estimate of drug-likeness (QED) is 0.668. The molecule has 0 saturated heterocycles. The number of nitrogens with two attached hydrogens (primary N) is 1. The van der Waals surface area contributed by atoms with Crippen LogP contribution in [-0.2, 0) is 9.53 Å². The summed E-state index contributed by atoms with van der Waals surface area (Å²) in [5, 5.41) is 4.22. The lowest BCUT2D eigenvalue weighted by Crippen LogP contribution is -2.24. The van der Waals surface area contributed by atoms with Gasteiger partial charge in [0.25, 0.3) is 0 Å². The van der Waals surface area contributed by atoms with E-state index in [2.05, 4.69) is 5.10 Å². The van der Waals surface area contributed by atoms with Crippen molar-refractivity contribution in [3.8, 4) is 11.5 Å². The largest absolute Gasteiger partial charge is 0.463 e. The number of ether oxygens (including phenoxy) is 1. The lowest BCUT2D eigenvalue weighted by molar-refractivity contribution is -0.151. The molecular formula is C14H17N3O4. The van der Waals surface area contributed by atoms with E-state index in [1.165, 1.54) is 10.9 Å². The summed E-state index contributed by atoms with van der Waals surface area (Å²) >= 11 is 0. The molecule has 1 atom stereocenters. The summed E-state index contributed by atoms with van der Waals surface area (Å²) in [6.07, 6.45) is 1.82. The summed E-state index contributed by atoms with van der Waals surface area (Å²) in [5.41, 5.74) is 6.40. The molecule has 2 heterocycles. The SMILES string of the molecule is CC(C)OC(=O)C(C)n1nc(-c2ccco2)c(C=O)c1N. The number of furan rings is 1. The molecule has 0 aromatic carbocycles. The van der Waals surface area contributed by atoms with Crippen LogP contribution in [0.2, 0.25) is 0 Å². The van der Waals surface area contributed by atoms with Crippen molar-refractivity contribution < 1.29 is 18.7 Å². The molecule has 2 N–H and O–H groups in total. The van der Waals surface area contributed by atoms with E-state index < -0.39 is 12.0 Å². The number of rotatable bonds is 5. The van der Waals surface area contributed by atoms with Gasteiger partial charge >= 0.3 is 5.97 Å². The Balaban J connectivity index is 2.42. The van der Waals surface area contributed by atoms with Crippen molar-refractivity contribution in [3.63, 3.8) is 0 Å². The van der Waals surface area contributed by atoms with E-state index in [1.807, 2.05) is 0 Å². The minimum absolute atomic E-state index is 0.101. The molecule has 2 aromatic heterocycles. The van der Waals surface area contributed by atoms with E-state index in [0.717, 1.165) is 0 Å². The average molecular weight is 291 g/mol. The first-order valence-electron chi connectivity index (χ1n) is 6.53. The average Bonchev–Trinajstić information content (AvgIpc) is 3.04. The fourth-order valence-electron chi connectivity index (χ4n) is 1.90. The van der Waals surface area contributed by atoms with E-state index in [4.69, 9.17) is 14.9 Å². The van der Waals surface area contributed by atoms with Crippen molar-refractivity contribution in [2.24, 2.45) is 0 Å². The van der Waals surface area contributed by atoms with Gasteiger partial charge in [0.1, 0.15) is 17.6 Å². The van der Waals surface area contributed by atoms with Crippen LogP contribution in [0, 0.1) is 0 Å². The maximum absolute atomic E-state index is 12.0. The fraction of sp³-hybridized carbons (Fsp3) is 0.357. The van der Waals surface area contributed by atoms with E-state index in [9.17, 15) is 9.59 Å². The summed E-state index contributed by atoms with van der Waals surface area (Å²) in [7, 11) is 0. The number of hydrogen-bond donors (Lipinski definition) is 1. The topological polar surface area (TPSA) is 100 Å². The Morgan fingerprint density at radius 3 is 2.71 bits per heavy atom. The molecule has 0 spiro atoms. The Morgan fingerprint density at radius 1 is 1.48 bits per heavy atom. The van der Waals surface area contributed by atoms with Crippen molar-refractivity contribution in [1.82, 2.24) is 9.78 Å². The van der Waals surface area contributed by atoms with Crippen LogP contribution in [0.5, 0.6) is 0 Å². The summed E-state index contributed by atoms with van der Waals surface area (Å²) < 4.78 is 11.6. The van der Waals surface area contributed by atoms with Gasteiger partial charge in [-0.05, 0) is 32.9 Å². The molecule has 2 rings (SSSR count). The number of carbonyl (C=O) groups excluding carboxylic acids is 2. The summed E-state index contributed by atoms with van der Waals surface area (Å²) in [6, 6.07) is 2.60. The summed E-state index contributed by atoms with van der Waals surface area (Å²) in [6.45, 7) is 5.11. The number of aldehydes is 1. The third-order valence-electron chi connectivity index (χ3n) is 2.92.